The second-order valence-corrected chi connectivity index (χ2v) is 12.1. The van der Waals surface area contributed by atoms with E-state index in [1.807, 2.05) is 60.7 Å². The van der Waals surface area contributed by atoms with Gasteiger partial charge in [-0.25, -0.2) is 0 Å². The third kappa shape index (κ3) is 8.65. The molecule has 4 aromatic carbocycles. The number of nitrogens with zero attached hydrogens (tertiary/aromatic N) is 4. The second-order valence-electron chi connectivity index (χ2n) is 12.1. The van der Waals surface area contributed by atoms with Gasteiger partial charge in [0.1, 0.15) is 36.2 Å². The first-order chi connectivity index (χ1) is 22.6. The summed E-state index contributed by atoms with van der Waals surface area (Å²) in [5, 5.41) is 23.5. The average molecular weight is 621 g/mol. The molecule has 46 heavy (non-hydrogen) atoms. The summed E-state index contributed by atoms with van der Waals surface area (Å²) >= 11 is 0. The molecule has 0 saturated carbocycles. The van der Waals surface area contributed by atoms with Gasteiger partial charge in [-0.15, -0.1) is 0 Å². The number of rotatable bonds is 12. The molecule has 0 aliphatic carbocycles. The maximum atomic E-state index is 10.7. The van der Waals surface area contributed by atoms with E-state index >= 15 is 0 Å². The van der Waals surface area contributed by atoms with E-state index in [2.05, 4.69) is 9.80 Å². The van der Waals surface area contributed by atoms with Crippen LogP contribution in [0.3, 0.4) is 0 Å². The minimum absolute atomic E-state index is 0.105. The predicted octanol–water partition coefficient (Wildman–Crippen LogP) is 7.48. The van der Waals surface area contributed by atoms with Gasteiger partial charge in [0.2, 0.25) is 0 Å². The van der Waals surface area contributed by atoms with Crippen LogP contribution in [0.15, 0.2) is 82.8 Å². The van der Waals surface area contributed by atoms with Gasteiger partial charge in [-0.3, -0.25) is 19.8 Å². The maximum Gasteiger partial charge on any atom is 0.128 e. The fraction of sp³-hybridized carbons (Fsp3) is 0.368. The van der Waals surface area contributed by atoms with Crippen LogP contribution in [0.5, 0.6) is 23.0 Å². The van der Waals surface area contributed by atoms with E-state index in [9.17, 15) is 10.2 Å². The minimum atomic E-state index is 0.105. The number of phenols is 2. The molecule has 8 heteroatoms. The van der Waals surface area contributed by atoms with Crippen LogP contribution in [0.1, 0.15) is 49.7 Å². The highest BCUT2D eigenvalue weighted by Gasteiger charge is 2.12. The number of piperidine rings is 2. The molecule has 0 aromatic heterocycles. The first-order valence-electron chi connectivity index (χ1n) is 16.6. The molecule has 0 radical (unpaired) electrons. The summed E-state index contributed by atoms with van der Waals surface area (Å²) in [5.41, 5.74) is 2.46. The van der Waals surface area contributed by atoms with Gasteiger partial charge in [0, 0.05) is 48.8 Å². The molecule has 2 aliphatic heterocycles. The van der Waals surface area contributed by atoms with Gasteiger partial charge < -0.3 is 19.7 Å². The first kappa shape index (κ1) is 31.6. The Morgan fingerprint density at radius 3 is 1.41 bits per heavy atom. The number of hydrogen-bond donors (Lipinski definition) is 2. The highest BCUT2D eigenvalue weighted by Crippen LogP contribution is 2.34. The molecule has 2 N–H and O–H groups in total. The fourth-order valence-corrected chi connectivity index (χ4v) is 6.10. The molecule has 6 rings (SSSR count). The van der Waals surface area contributed by atoms with Gasteiger partial charge in [0.15, 0.2) is 0 Å². The van der Waals surface area contributed by atoms with Crippen LogP contribution in [-0.4, -0.2) is 84.9 Å². The zero-order valence-electron chi connectivity index (χ0n) is 26.5. The number of ether oxygens (including phenoxy) is 2. The van der Waals surface area contributed by atoms with Crippen LogP contribution in [0, 0.1) is 0 Å². The van der Waals surface area contributed by atoms with Crippen molar-refractivity contribution in [3.8, 4) is 23.0 Å². The Hall–Kier alpha value is -4.40. The number of phenolic OH excluding ortho intramolecular Hbond substituents is 2. The summed E-state index contributed by atoms with van der Waals surface area (Å²) in [6.07, 6.45) is 10.9. The van der Waals surface area contributed by atoms with Gasteiger partial charge in [0.05, 0.1) is 11.4 Å². The predicted molar refractivity (Wildman–Crippen MR) is 186 cm³/mol. The van der Waals surface area contributed by atoms with Crippen molar-refractivity contribution in [3.05, 3.63) is 83.9 Å². The van der Waals surface area contributed by atoms with Gasteiger partial charge in [-0.1, -0.05) is 37.1 Å². The number of aromatic hydroxyl groups is 2. The fourth-order valence-electron chi connectivity index (χ4n) is 6.10. The first-order valence-corrected chi connectivity index (χ1v) is 16.6. The number of aliphatic imine (C=N–C) groups is 2. The lowest BCUT2D eigenvalue weighted by Crippen LogP contribution is -2.33. The molecule has 2 heterocycles. The van der Waals surface area contributed by atoms with Crippen molar-refractivity contribution >= 4 is 34.6 Å². The third-order valence-electron chi connectivity index (χ3n) is 8.78. The Bertz CT molecular complexity index is 1540. The average Bonchev–Trinajstić information content (AvgIpc) is 3.08. The molecule has 2 aliphatic rings. The Morgan fingerprint density at radius 1 is 0.565 bits per heavy atom. The van der Waals surface area contributed by atoms with Crippen molar-refractivity contribution in [2.45, 2.75) is 38.5 Å². The topological polar surface area (TPSA) is 90.1 Å². The smallest absolute Gasteiger partial charge is 0.128 e. The summed E-state index contributed by atoms with van der Waals surface area (Å²) < 4.78 is 11.8. The van der Waals surface area contributed by atoms with E-state index in [0.29, 0.717) is 47.2 Å². The standard InChI is InChI=1S/C38H44N4O4/c43-37-25-33(45-21-19-41-15-5-1-6-16-41)13-11-31(37)27-39-35-23-29-9-3-4-10-30(29)24-36(35)40-28-32-12-14-34(26-38(32)44)46-22-20-42-17-7-2-8-18-42/h3-4,9-14,23-28,43-44H,1-2,5-8,15-22H2. The Labute approximate surface area is 271 Å². The Kier molecular flexibility index (Phi) is 10.8. The van der Waals surface area contributed by atoms with Gasteiger partial charge in [-0.2, -0.15) is 0 Å². The lowest BCUT2D eigenvalue weighted by molar-refractivity contribution is 0.183. The molecule has 4 aromatic rings. The third-order valence-corrected chi connectivity index (χ3v) is 8.78. The summed E-state index contributed by atoms with van der Waals surface area (Å²) in [6, 6.07) is 22.6. The molecule has 0 atom stereocenters. The molecular weight excluding hydrogens is 576 g/mol. The summed E-state index contributed by atoms with van der Waals surface area (Å²) in [6.45, 7) is 7.50. The number of hydrogen-bond acceptors (Lipinski definition) is 8. The van der Waals surface area contributed by atoms with Crippen LogP contribution in [0.25, 0.3) is 10.8 Å². The van der Waals surface area contributed by atoms with Crippen molar-refractivity contribution in [1.29, 1.82) is 0 Å². The highest BCUT2D eigenvalue weighted by molar-refractivity contribution is 5.95. The van der Waals surface area contributed by atoms with Gasteiger partial charge in [-0.05, 0) is 99.0 Å². The normalized spacial score (nSPS) is 16.4. The van der Waals surface area contributed by atoms with Crippen molar-refractivity contribution in [2.75, 3.05) is 52.5 Å². The molecule has 2 saturated heterocycles. The van der Waals surface area contributed by atoms with Crippen molar-refractivity contribution in [1.82, 2.24) is 9.80 Å². The molecular formula is C38H44N4O4. The van der Waals surface area contributed by atoms with E-state index < -0.39 is 0 Å². The Morgan fingerprint density at radius 2 is 1.00 bits per heavy atom. The lowest BCUT2D eigenvalue weighted by atomic mass is 10.1. The summed E-state index contributed by atoms with van der Waals surface area (Å²) in [5.74, 6) is 1.49. The lowest BCUT2D eigenvalue weighted by Gasteiger charge is -2.26. The Balaban J connectivity index is 1.13. The minimum Gasteiger partial charge on any atom is -0.507 e. The van der Waals surface area contributed by atoms with Gasteiger partial charge >= 0.3 is 0 Å². The van der Waals surface area contributed by atoms with E-state index in [0.717, 1.165) is 50.0 Å². The zero-order chi connectivity index (χ0) is 31.6. The number of fused-ring (bicyclic) bond motifs is 1. The molecule has 0 spiro atoms. The van der Waals surface area contributed by atoms with Crippen molar-refractivity contribution < 1.29 is 19.7 Å². The van der Waals surface area contributed by atoms with Crippen LogP contribution in [0.4, 0.5) is 11.4 Å². The van der Waals surface area contributed by atoms with Crippen LogP contribution >= 0.6 is 0 Å². The van der Waals surface area contributed by atoms with E-state index in [-0.39, 0.29) is 11.5 Å². The number of benzene rings is 4. The van der Waals surface area contributed by atoms with Crippen molar-refractivity contribution in [3.63, 3.8) is 0 Å². The molecule has 2 fully saturated rings. The number of likely N-dealkylation sites (tertiary alicyclic amines) is 2. The van der Waals surface area contributed by atoms with Gasteiger partial charge in [0.25, 0.3) is 0 Å². The van der Waals surface area contributed by atoms with E-state index in [4.69, 9.17) is 19.5 Å². The molecule has 0 unspecified atom stereocenters. The van der Waals surface area contributed by atoms with Crippen LogP contribution < -0.4 is 9.47 Å². The maximum absolute atomic E-state index is 10.7. The molecule has 0 bridgehead atoms. The summed E-state index contributed by atoms with van der Waals surface area (Å²) in [4.78, 5) is 14.3. The second kappa shape index (κ2) is 15.7. The van der Waals surface area contributed by atoms with Crippen LogP contribution in [0.2, 0.25) is 0 Å². The largest absolute Gasteiger partial charge is 0.507 e. The summed E-state index contributed by atoms with van der Waals surface area (Å²) in [7, 11) is 0. The van der Waals surface area contributed by atoms with E-state index in [1.165, 1.54) is 38.5 Å². The van der Waals surface area contributed by atoms with Crippen LogP contribution in [-0.2, 0) is 0 Å². The SMILES string of the molecule is Oc1cc(OCCN2CCCCC2)ccc1C=Nc1cc2ccccc2cc1N=Cc1ccc(OCCN2CCCCC2)cc1O. The van der Waals surface area contributed by atoms with E-state index in [1.54, 1.807) is 24.6 Å². The molecule has 8 nitrogen and oxygen atoms in total. The molecule has 240 valence electrons. The zero-order valence-corrected chi connectivity index (χ0v) is 26.5. The highest BCUT2D eigenvalue weighted by atomic mass is 16.5. The molecule has 0 amide bonds. The monoisotopic (exact) mass is 620 g/mol. The quantitative estimate of drug-likeness (QED) is 0.160. The van der Waals surface area contributed by atoms with Crippen molar-refractivity contribution in [2.24, 2.45) is 9.98 Å².